The van der Waals surface area contributed by atoms with E-state index in [9.17, 15) is 0 Å². The maximum atomic E-state index is 4.70. The topological polar surface area (TPSA) is 73.8 Å². The van der Waals surface area contributed by atoms with Crippen molar-refractivity contribution < 1.29 is 0 Å². The Morgan fingerprint density at radius 1 is 1.12 bits per heavy atom. The molecule has 0 aliphatic heterocycles. The molecule has 8 heteroatoms. The van der Waals surface area contributed by atoms with Crippen LogP contribution in [-0.4, -0.2) is 34.6 Å². The Bertz CT molecular complexity index is 981. The Kier molecular flexibility index (Phi) is 3.61. The quantitative estimate of drug-likeness (QED) is 0.571. The molecule has 0 fully saturated rings. The number of hydrogen-bond acceptors (Lipinski definition) is 6. The number of pyridine rings is 1. The van der Waals surface area contributed by atoms with Crippen LogP contribution in [0, 0.1) is 5.92 Å². The number of hydrogen-bond donors (Lipinski definition) is 0. The fraction of sp³-hybridized carbons (Fsp3) is 0.312. The van der Waals surface area contributed by atoms with E-state index in [-0.39, 0.29) is 0 Å². The molecule has 0 spiro atoms. The van der Waals surface area contributed by atoms with Crippen molar-refractivity contribution in [3.63, 3.8) is 0 Å². The van der Waals surface area contributed by atoms with E-state index >= 15 is 0 Å². The zero-order chi connectivity index (χ0) is 16.7. The normalized spacial score (nSPS) is 11.7. The summed E-state index contributed by atoms with van der Waals surface area (Å²) in [6, 6.07) is 5.92. The first-order chi connectivity index (χ1) is 11.6. The molecule has 4 aromatic heterocycles. The molecule has 4 aromatic rings. The van der Waals surface area contributed by atoms with Crippen LogP contribution in [0.2, 0.25) is 0 Å². The molecule has 0 bridgehead atoms. The van der Waals surface area contributed by atoms with Gasteiger partial charge in [0.2, 0.25) is 4.96 Å². The van der Waals surface area contributed by atoms with Gasteiger partial charge in [-0.15, -0.1) is 10.2 Å². The summed E-state index contributed by atoms with van der Waals surface area (Å²) < 4.78 is 3.67. The molecule has 4 rings (SSSR count). The van der Waals surface area contributed by atoms with Gasteiger partial charge in [0, 0.05) is 25.0 Å². The lowest BCUT2D eigenvalue weighted by atomic mass is 10.1. The highest BCUT2D eigenvalue weighted by molar-refractivity contribution is 7.19. The molecule has 0 unspecified atom stereocenters. The van der Waals surface area contributed by atoms with Crippen molar-refractivity contribution in [1.82, 2.24) is 34.6 Å². The highest BCUT2D eigenvalue weighted by Crippen LogP contribution is 2.28. The van der Waals surface area contributed by atoms with Crippen LogP contribution in [0.4, 0.5) is 0 Å². The molecule has 0 atom stereocenters. The van der Waals surface area contributed by atoms with E-state index in [2.05, 4.69) is 40.2 Å². The van der Waals surface area contributed by atoms with E-state index in [1.54, 1.807) is 16.9 Å². The Morgan fingerprint density at radius 3 is 2.67 bits per heavy atom. The second kappa shape index (κ2) is 5.79. The van der Waals surface area contributed by atoms with E-state index < -0.39 is 0 Å². The lowest BCUT2D eigenvalue weighted by molar-refractivity contribution is 0.621. The molecule has 122 valence electrons. The number of aromatic nitrogens is 7. The molecule has 0 aliphatic carbocycles. The van der Waals surface area contributed by atoms with E-state index in [0.717, 1.165) is 39.2 Å². The summed E-state index contributed by atoms with van der Waals surface area (Å²) in [4.78, 5) is 4.81. The largest absolute Gasteiger partial charge is 0.265 e. The number of rotatable bonds is 4. The van der Waals surface area contributed by atoms with Crippen molar-refractivity contribution in [3.8, 4) is 22.1 Å². The third kappa shape index (κ3) is 2.58. The number of fused-ring (bicyclic) bond motifs is 1. The SMILES string of the molecule is CC(C)Cc1cc(-c2nn3c(-c4ccncc4)nnc3s2)n(C)n1. The van der Waals surface area contributed by atoms with Gasteiger partial charge < -0.3 is 0 Å². The third-order valence-corrected chi connectivity index (χ3v) is 4.62. The minimum atomic E-state index is 0.573. The molecule has 24 heavy (non-hydrogen) atoms. The fourth-order valence-corrected chi connectivity index (χ4v) is 3.53. The van der Waals surface area contributed by atoms with Crippen molar-refractivity contribution in [1.29, 1.82) is 0 Å². The fourth-order valence-electron chi connectivity index (χ4n) is 2.65. The van der Waals surface area contributed by atoms with E-state index in [1.165, 1.54) is 11.3 Å². The van der Waals surface area contributed by atoms with Crippen molar-refractivity contribution in [2.24, 2.45) is 13.0 Å². The summed E-state index contributed by atoms with van der Waals surface area (Å²) in [5.74, 6) is 1.29. The van der Waals surface area contributed by atoms with Crippen LogP contribution in [0.25, 0.3) is 27.1 Å². The van der Waals surface area contributed by atoms with Crippen molar-refractivity contribution >= 4 is 16.3 Å². The molecule has 0 N–H and O–H groups in total. The van der Waals surface area contributed by atoms with Crippen LogP contribution in [-0.2, 0) is 13.5 Å². The van der Waals surface area contributed by atoms with Gasteiger partial charge in [-0.25, -0.2) is 0 Å². The highest BCUT2D eigenvalue weighted by Gasteiger charge is 2.17. The summed E-state index contributed by atoms with van der Waals surface area (Å²) >= 11 is 1.51. The van der Waals surface area contributed by atoms with Crippen LogP contribution in [0.3, 0.4) is 0 Å². The van der Waals surface area contributed by atoms with E-state index in [1.807, 2.05) is 23.9 Å². The second-order valence-corrected chi connectivity index (χ2v) is 7.06. The van der Waals surface area contributed by atoms with Gasteiger partial charge in [-0.3, -0.25) is 9.67 Å². The molecular formula is C16H17N7S. The smallest absolute Gasteiger partial charge is 0.235 e. The molecule has 0 saturated heterocycles. The maximum absolute atomic E-state index is 4.70. The number of aryl methyl sites for hydroxylation is 1. The zero-order valence-corrected chi connectivity index (χ0v) is 14.5. The minimum absolute atomic E-state index is 0.573. The lowest BCUT2D eigenvalue weighted by Crippen LogP contribution is -1.97. The zero-order valence-electron chi connectivity index (χ0n) is 13.7. The molecule has 4 heterocycles. The predicted molar refractivity (Wildman–Crippen MR) is 92.6 cm³/mol. The highest BCUT2D eigenvalue weighted by atomic mass is 32.1. The van der Waals surface area contributed by atoms with Gasteiger partial charge in [0.25, 0.3) is 0 Å². The average Bonchev–Trinajstić information content (AvgIpc) is 3.21. The summed E-state index contributed by atoms with van der Waals surface area (Å²) in [6.45, 7) is 4.39. The van der Waals surface area contributed by atoms with Crippen molar-refractivity contribution in [2.75, 3.05) is 0 Å². The van der Waals surface area contributed by atoms with Gasteiger partial charge in [0.1, 0.15) is 0 Å². The van der Waals surface area contributed by atoms with Crippen LogP contribution in [0.15, 0.2) is 30.6 Å². The minimum Gasteiger partial charge on any atom is -0.265 e. The first-order valence-electron chi connectivity index (χ1n) is 7.77. The van der Waals surface area contributed by atoms with Crippen molar-refractivity contribution in [3.05, 3.63) is 36.3 Å². The van der Waals surface area contributed by atoms with E-state index in [0.29, 0.717) is 5.92 Å². The maximum Gasteiger partial charge on any atom is 0.235 e. The molecule has 0 radical (unpaired) electrons. The Hall–Kier alpha value is -2.61. The lowest BCUT2D eigenvalue weighted by Gasteiger charge is -1.98. The first-order valence-corrected chi connectivity index (χ1v) is 8.59. The van der Waals surface area contributed by atoms with Crippen molar-refractivity contribution in [2.45, 2.75) is 20.3 Å². The number of nitrogens with zero attached hydrogens (tertiary/aromatic N) is 7. The Balaban J connectivity index is 1.77. The van der Waals surface area contributed by atoms with Crippen LogP contribution in [0.1, 0.15) is 19.5 Å². The summed E-state index contributed by atoms with van der Waals surface area (Å²) in [7, 11) is 1.95. The molecule has 0 aliphatic rings. The van der Waals surface area contributed by atoms with Gasteiger partial charge in [0.15, 0.2) is 10.8 Å². The van der Waals surface area contributed by atoms with Gasteiger partial charge in [-0.1, -0.05) is 25.2 Å². The van der Waals surface area contributed by atoms with Crippen LogP contribution < -0.4 is 0 Å². The van der Waals surface area contributed by atoms with Gasteiger partial charge >= 0.3 is 0 Å². The monoisotopic (exact) mass is 339 g/mol. The van der Waals surface area contributed by atoms with Gasteiger partial charge in [0.05, 0.1) is 11.4 Å². The molecule has 0 aromatic carbocycles. The standard InChI is InChI=1S/C16H17N7S/c1-10(2)8-12-9-13(22(3)20-12)15-21-23-14(18-19-16(23)24-15)11-4-6-17-7-5-11/h4-7,9-10H,8H2,1-3H3. The molecule has 0 saturated carbocycles. The third-order valence-electron chi connectivity index (χ3n) is 3.70. The van der Waals surface area contributed by atoms with Crippen LogP contribution in [0.5, 0.6) is 0 Å². The molecular weight excluding hydrogens is 322 g/mol. The molecule has 7 nitrogen and oxygen atoms in total. The second-order valence-electron chi connectivity index (χ2n) is 6.10. The predicted octanol–water partition coefficient (Wildman–Crippen LogP) is 2.85. The Morgan fingerprint density at radius 2 is 1.92 bits per heavy atom. The summed E-state index contributed by atoms with van der Waals surface area (Å²) in [5, 5.41) is 18.7. The van der Waals surface area contributed by atoms with Gasteiger partial charge in [-0.05, 0) is 30.5 Å². The summed E-state index contributed by atoms with van der Waals surface area (Å²) in [6.07, 6.45) is 4.44. The first kappa shape index (κ1) is 14.9. The van der Waals surface area contributed by atoms with Gasteiger partial charge in [-0.2, -0.15) is 14.7 Å². The summed E-state index contributed by atoms with van der Waals surface area (Å²) in [5.41, 5.74) is 3.03. The van der Waals surface area contributed by atoms with E-state index in [4.69, 9.17) is 5.10 Å². The average molecular weight is 339 g/mol. The molecule has 0 amide bonds. The Labute approximate surface area is 143 Å². The van der Waals surface area contributed by atoms with Crippen LogP contribution >= 0.6 is 11.3 Å².